The summed E-state index contributed by atoms with van der Waals surface area (Å²) in [6.45, 7) is 4.54. The smallest absolute Gasteiger partial charge is 0.282 e. The number of rotatable bonds is 5. The number of hydrogen-bond acceptors (Lipinski definition) is 2. The van der Waals surface area contributed by atoms with E-state index in [-0.39, 0.29) is 17.7 Å². The molecule has 0 saturated carbocycles. The van der Waals surface area contributed by atoms with Gasteiger partial charge in [0.25, 0.3) is 5.91 Å². The molecule has 132 valence electrons. The molecule has 1 amide bonds. The number of anilines is 1. The fourth-order valence-corrected chi connectivity index (χ4v) is 3.77. The van der Waals surface area contributed by atoms with Crippen molar-refractivity contribution in [2.24, 2.45) is 7.05 Å². The van der Waals surface area contributed by atoms with Crippen molar-refractivity contribution < 1.29 is 14.5 Å². The molecule has 25 heavy (non-hydrogen) atoms. The second kappa shape index (κ2) is 7.23. The van der Waals surface area contributed by atoms with Crippen LogP contribution in [0, 0.1) is 0 Å². The molecule has 1 unspecified atom stereocenters. The van der Waals surface area contributed by atoms with Gasteiger partial charge in [0.05, 0.1) is 12.2 Å². The van der Waals surface area contributed by atoms with Gasteiger partial charge in [-0.25, -0.2) is 0 Å². The molecule has 0 radical (unpaired) electrons. The van der Waals surface area contributed by atoms with E-state index in [0.29, 0.717) is 11.6 Å². The van der Waals surface area contributed by atoms with Gasteiger partial charge in [0.15, 0.2) is 11.8 Å². The number of hydrogen-bond donors (Lipinski definition) is 2. The molecule has 1 fully saturated rings. The number of quaternary nitrogens is 1. The molecule has 2 N–H and O–H groups in total. The quantitative estimate of drug-likeness (QED) is 0.818. The van der Waals surface area contributed by atoms with Crippen molar-refractivity contribution in [2.75, 3.05) is 11.9 Å². The summed E-state index contributed by atoms with van der Waals surface area (Å²) in [5, 5.41) is 2.99. The molecule has 0 aliphatic carbocycles. The van der Waals surface area contributed by atoms with Gasteiger partial charge < -0.3 is 14.8 Å². The van der Waals surface area contributed by atoms with Gasteiger partial charge in [-0.3, -0.25) is 9.59 Å². The van der Waals surface area contributed by atoms with Gasteiger partial charge in [-0.15, -0.1) is 0 Å². The minimum absolute atomic E-state index is 0.0201. The number of Topliss-reactive ketones (excluding diaryl/α,β-unsaturated/α-hetero) is 1. The maximum absolute atomic E-state index is 12.7. The third kappa shape index (κ3) is 3.66. The van der Waals surface area contributed by atoms with Crippen LogP contribution in [0.5, 0.6) is 0 Å². The van der Waals surface area contributed by atoms with E-state index in [4.69, 9.17) is 0 Å². The van der Waals surface area contributed by atoms with Crippen LogP contribution < -0.4 is 10.2 Å². The molecular formula is C20H26N3O2+. The number of carbonyl (C=O) groups excluding carboxylic acids is 2. The highest BCUT2D eigenvalue weighted by Crippen LogP contribution is 2.20. The molecule has 2 heterocycles. The van der Waals surface area contributed by atoms with Crippen molar-refractivity contribution in [3.05, 3.63) is 53.9 Å². The van der Waals surface area contributed by atoms with Crippen LogP contribution in [0.3, 0.4) is 0 Å². The Labute approximate surface area is 148 Å². The monoisotopic (exact) mass is 340 g/mol. The summed E-state index contributed by atoms with van der Waals surface area (Å²) >= 11 is 0. The van der Waals surface area contributed by atoms with Crippen molar-refractivity contribution in [2.45, 2.75) is 38.8 Å². The molecule has 1 aromatic carbocycles. The van der Waals surface area contributed by atoms with Gasteiger partial charge in [-0.05, 0) is 50.2 Å². The number of aromatic nitrogens is 1. The average Bonchev–Trinajstić information content (AvgIpc) is 3.22. The van der Waals surface area contributed by atoms with Crippen molar-refractivity contribution in [3.8, 4) is 0 Å². The van der Waals surface area contributed by atoms with Gasteiger partial charge in [0.1, 0.15) is 6.04 Å². The Morgan fingerprint density at radius 3 is 2.56 bits per heavy atom. The number of nitrogens with one attached hydrogen (secondary N) is 2. The van der Waals surface area contributed by atoms with E-state index in [1.807, 2.05) is 6.92 Å². The zero-order chi connectivity index (χ0) is 18.0. The Bertz CT molecular complexity index is 764. The lowest BCUT2D eigenvalue weighted by Gasteiger charge is -2.27. The highest BCUT2D eigenvalue weighted by molar-refractivity contribution is 5.96. The lowest BCUT2D eigenvalue weighted by atomic mass is 10.1. The maximum Gasteiger partial charge on any atom is 0.282 e. The van der Waals surface area contributed by atoms with Gasteiger partial charge in [0, 0.05) is 37.3 Å². The summed E-state index contributed by atoms with van der Waals surface area (Å²) in [7, 11) is 2.06. The van der Waals surface area contributed by atoms with Crippen LogP contribution >= 0.6 is 0 Å². The fourth-order valence-electron chi connectivity index (χ4n) is 3.77. The van der Waals surface area contributed by atoms with Crippen molar-refractivity contribution in [1.82, 2.24) is 4.57 Å². The molecule has 3 rings (SSSR count). The molecule has 1 aliphatic heterocycles. The fraction of sp³-hybridized carbons (Fsp3) is 0.400. The van der Waals surface area contributed by atoms with E-state index in [2.05, 4.69) is 35.3 Å². The summed E-state index contributed by atoms with van der Waals surface area (Å²) in [5.41, 5.74) is 2.67. The van der Waals surface area contributed by atoms with E-state index >= 15 is 0 Å². The Morgan fingerprint density at radius 1 is 1.24 bits per heavy atom. The number of benzene rings is 1. The Balaban J connectivity index is 1.69. The topological polar surface area (TPSA) is 55.5 Å². The van der Waals surface area contributed by atoms with Crippen LogP contribution in [0.4, 0.5) is 5.69 Å². The minimum Gasteiger partial charge on any atom is -0.350 e. The Hall–Kier alpha value is -2.40. The molecule has 1 saturated heterocycles. The van der Waals surface area contributed by atoms with Gasteiger partial charge in [-0.1, -0.05) is 0 Å². The molecule has 0 bridgehead atoms. The van der Waals surface area contributed by atoms with Crippen molar-refractivity contribution >= 4 is 17.4 Å². The first kappa shape index (κ1) is 17.4. The maximum atomic E-state index is 12.7. The largest absolute Gasteiger partial charge is 0.350 e. The minimum atomic E-state index is -0.130. The first-order valence-corrected chi connectivity index (χ1v) is 8.86. The molecule has 0 spiro atoms. The predicted molar refractivity (Wildman–Crippen MR) is 97.8 cm³/mol. The zero-order valence-corrected chi connectivity index (χ0v) is 15.1. The van der Waals surface area contributed by atoms with E-state index in [1.165, 1.54) is 17.5 Å². The van der Waals surface area contributed by atoms with Crippen molar-refractivity contribution in [1.29, 1.82) is 0 Å². The number of amides is 1. The lowest BCUT2D eigenvalue weighted by Crippen LogP contribution is -3.15. The number of nitrogens with zero attached hydrogens (tertiary/aromatic N) is 1. The van der Waals surface area contributed by atoms with Gasteiger partial charge in [-0.2, -0.15) is 0 Å². The van der Waals surface area contributed by atoms with Crippen LogP contribution in [-0.2, 0) is 11.8 Å². The van der Waals surface area contributed by atoms with E-state index in [0.717, 1.165) is 25.1 Å². The van der Waals surface area contributed by atoms with Crippen LogP contribution in [0.15, 0.2) is 42.6 Å². The zero-order valence-electron chi connectivity index (χ0n) is 15.1. The third-order valence-corrected chi connectivity index (χ3v) is 5.26. The summed E-state index contributed by atoms with van der Waals surface area (Å²) in [6, 6.07) is 11.5. The van der Waals surface area contributed by atoms with E-state index < -0.39 is 0 Å². The van der Waals surface area contributed by atoms with Crippen LogP contribution in [0.25, 0.3) is 0 Å². The summed E-state index contributed by atoms with van der Waals surface area (Å²) < 4.78 is 2.15. The Kier molecular flexibility index (Phi) is 5.04. The lowest BCUT2D eigenvalue weighted by molar-refractivity contribution is -0.932. The summed E-state index contributed by atoms with van der Waals surface area (Å²) in [4.78, 5) is 25.4. The Morgan fingerprint density at radius 2 is 1.96 bits per heavy atom. The average molecular weight is 340 g/mol. The predicted octanol–water partition coefficient (Wildman–Crippen LogP) is 1.97. The third-order valence-electron chi connectivity index (χ3n) is 5.26. The van der Waals surface area contributed by atoms with E-state index in [9.17, 15) is 9.59 Å². The van der Waals surface area contributed by atoms with E-state index in [1.54, 1.807) is 24.3 Å². The van der Waals surface area contributed by atoms with Crippen molar-refractivity contribution in [3.63, 3.8) is 0 Å². The molecular weight excluding hydrogens is 314 g/mol. The molecule has 5 nitrogen and oxygen atoms in total. The number of aryl methyl sites for hydroxylation is 1. The second-order valence-corrected chi connectivity index (χ2v) is 6.91. The van der Waals surface area contributed by atoms with Crippen LogP contribution in [0.1, 0.15) is 48.8 Å². The number of carbonyl (C=O) groups is 2. The normalized spacial score (nSPS) is 21.1. The van der Waals surface area contributed by atoms with Gasteiger partial charge in [0.2, 0.25) is 0 Å². The summed E-state index contributed by atoms with van der Waals surface area (Å²) in [6.07, 6.45) is 4.31. The molecule has 1 aromatic heterocycles. The van der Waals surface area contributed by atoms with Crippen LogP contribution in [0.2, 0.25) is 0 Å². The number of ketones is 1. The number of likely N-dealkylation sites (tertiary alicyclic amines) is 1. The van der Waals surface area contributed by atoms with Gasteiger partial charge >= 0.3 is 0 Å². The summed E-state index contributed by atoms with van der Waals surface area (Å²) in [5.74, 6) is 0.0462. The first-order valence-electron chi connectivity index (χ1n) is 8.86. The second-order valence-electron chi connectivity index (χ2n) is 6.91. The highest BCUT2D eigenvalue weighted by atomic mass is 16.2. The molecule has 2 aromatic rings. The molecule has 5 heteroatoms. The molecule has 1 aliphatic rings. The molecule has 3 atom stereocenters. The highest BCUT2D eigenvalue weighted by Gasteiger charge is 2.38. The van der Waals surface area contributed by atoms with Crippen LogP contribution in [-0.4, -0.2) is 28.8 Å². The SMILES string of the molecule is CC(=O)c1ccc(NC(=O)[C@@H](C)[NH+]2CCC[C@@H]2c2cccn2C)cc1. The standard InChI is InChI=1S/C20H25N3O2/c1-14(20(25)21-17-10-8-16(9-11-17)15(2)24)23-13-5-7-19(23)18-6-4-12-22(18)3/h4,6,8-12,14,19H,5,7,13H2,1-3H3,(H,21,25)/p+1/t14-,19-/m1/s1. The first-order chi connectivity index (χ1) is 12.0.